The van der Waals surface area contributed by atoms with E-state index >= 15 is 0 Å². The quantitative estimate of drug-likeness (QED) is 0.290. The van der Waals surface area contributed by atoms with E-state index in [2.05, 4.69) is 5.32 Å². The number of nitrogens with zero attached hydrogens (tertiary/aromatic N) is 2. The van der Waals surface area contributed by atoms with Gasteiger partial charge in [0.1, 0.15) is 12.6 Å². The highest BCUT2D eigenvalue weighted by atomic mass is 35.5. The van der Waals surface area contributed by atoms with Crippen molar-refractivity contribution in [2.24, 2.45) is 0 Å². The SMILES string of the molecule is CCC(C(=O)NC1CCCCC1)N(Cc1ccccc1)C(=O)CN(c1ccc(Cl)cc1)S(=O)(=O)c1ccc(C)cc1. The molecule has 9 heteroatoms. The van der Waals surface area contributed by atoms with Crippen molar-refractivity contribution in [2.75, 3.05) is 10.8 Å². The molecule has 0 bridgehead atoms. The average Bonchev–Trinajstić information content (AvgIpc) is 2.97. The topological polar surface area (TPSA) is 86.8 Å². The highest BCUT2D eigenvalue weighted by molar-refractivity contribution is 7.92. The number of amides is 2. The van der Waals surface area contributed by atoms with Gasteiger partial charge < -0.3 is 10.2 Å². The van der Waals surface area contributed by atoms with Gasteiger partial charge in [-0.2, -0.15) is 0 Å². The summed E-state index contributed by atoms with van der Waals surface area (Å²) >= 11 is 6.10. The largest absolute Gasteiger partial charge is 0.352 e. The van der Waals surface area contributed by atoms with Gasteiger partial charge in [0.2, 0.25) is 11.8 Å². The number of carbonyl (C=O) groups is 2. The fourth-order valence-corrected chi connectivity index (χ4v) is 6.76. The molecule has 0 saturated heterocycles. The van der Waals surface area contributed by atoms with Gasteiger partial charge in [-0.15, -0.1) is 0 Å². The van der Waals surface area contributed by atoms with Crippen LogP contribution in [0, 0.1) is 6.92 Å². The Morgan fingerprint density at radius 1 is 0.927 bits per heavy atom. The minimum atomic E-state index is -4.12. The molecule has 1 unspecified atom stereocenters. The van der Waals surface area contributed by atoms with Crippen LogP contribution < -0.4 is 9.62 Å². The molecule has 1 saturated carbocycles. The Balaban J connectivity index is 1.68. The third-order valence-corrected chi connectivity index (χ3v) is 9.58. The number of halogens is 1. The van der Waals surface area contributed by atoms with Crippen molar-refractivity contribution in [3.63, 3.8) is 0 Å². The maximum absolute atomic E-state index is 14.1. The second kappa shape index (κ2) is 14.0. The molecule has 0 heterocycles. The predicted molar refractivity (Wildman–Crippen MR) is 163 cm³/mol. The fourth-order valence-electron chi connectivity index (χ4n) is 5.22. The molecule has 0 radical (unpaired) electrons. The summed E-state index contributed by atoms with van der Waals surface area (Å²) in [5.41, 5.74) is 2.08. The van der Waals surface area contributed by atoms with E-state index in [0.717, 1.165) is 47.5 Å². The molecular formula is C32H38ClN3O4S. The molecule has 2 amide bonds. The van der Waals surface area contributed by atoms with Gasteiger partial charge in [0, 0.05) is 17.6 Å². The highest BCUT2D eigenvalue weighted by Crippen LogP contribution is 2.27. The van der Waals surface area contributed by atoms with Crippen molar-refractivity contribution >= 4 is 39.1 Å². The molecule has 218 valence electrons. The van der Waals surface area contributed by atoms with Crippen molar-refractivity contribution in [1.82, 2.24) is 10.2 Å². The first-order valence-electron chi connectivity index (χ1n) is 14.2. The minimum Gasteiger partial charge on any atom is -0.352 e. The third kappa shape index (κ3) is 7.89. The van der Waals surface area contributed by atoms with E-state index < -0.39 is 28.5 Å². The fraction of sp³-hybridized carbons (Fsp3) is 0.375. The summed E-state index contributed by atoms with van der Waals surface area (Å²) < 4.78 is 28.9. The number of hydrogen-bond acceptors (Lipinski definition) is 4. The normalized spacial score (nSPS) is 14.7. The predicted octanol–water partition coefficient (Wildman–Crippen LogP) is 6.10. The number of nitrogens with one attached hydrogen (secondary N) is 1. The van der Waals surface area contributed by atoms with Crippen molar-refractivity contribution in [2.45, 2.75) is 75.9 Å². The Kier molecular flexibility index (Phi) is 10.5. The number of anilines is 1. The molecule has 3 aromatic rings. The van der Waals surface area contributed by atoms with E-state index in [0.29, 0.717) is 17.1 Å². The van der Waals surface area contributed by atoms with Gasteiger partial charge in [0.25, 0.3) is 10.0 Å². The van der Waals surface area contributed by atoms with Crippen LogP contribution in [0.2, 0.25) is 5.02 Å². The lowest BCUT2D eigenvalue weighted by molar-refractivity contribution is -0.140. The zero-order chi connectivity index (χ0) is 29.4. The molecule has 1 fully saturated rings. The lowest BCUT2D eigenvalue weighted by Crippen LogP contribution is -2.54. The van der Waals surface area contributed by atoms with E-state index in [1.165, 1.54) is 17.0 Å². The number of rotatable bonds is 11. The van der Waals surface area contributed by atoms with Gasteiger partial charge in [0.15, 0.2) is 0 Å². The second-order valence-corrected chi connectivity index (χ2v) is 12.9. The number of benzene rings is 3. The Hall–Kier alpha value is -3.36. The summed E-state index contributed by atoms with van der Waals surface area (Å²) in [6.45, 7) is 3.45. The van der Waals surface area contributed by atoms with Gasteiger partial charge in [-0.25, -0.2) is 8.42 Å². The van der Waals surface area contributed by atoms with Crippen LogP contribution in [0.5, 0.6) is 0 Å². The van der Waals surface area contributed by atoms with E-state index in [-0.39, 0.29) is 23.4 Å². The molecule has 1 atom stereocenters. The van der Waals surface area contributed by atoms with Crippen LogP contribution in [0.4, 0.5) is 5.69 Å². The number of sulfonamides is 1. The number of carbonyl (C=O) groups excluding carboxylic acids is 2. The summed E-state index contributed by atoms with van der Waals surface area (Å²) in [5.74, 6) is -0.673. The monoisotopic (exact) mass is 595 g/mol. The van der Waals surface area contributed by atoms with E-state index in [1.807, 2.05) is 44.2 Å². The molecule has 1 N–H and O–H groups in total. The smallest absolute Gasteiger partial charge is 0.264 e. The standard InChI is InChI=1S/C32H38ClN3O4S/c1-3-30(32(38)34-27-12-8-5-9-13-27)35(22-25-10-6-4-7-11-25)31(37)23-36(28-18-16-26(33)17-19-28)41(39,40)29-20-14-24(2)15-21-29/h4,6-7,10-11,14-21,27,30H,3,5,8-9,12-13,22-23H2,1-2H3,(H,34,38). The van der Waals surface area contributed by atoms with Crippen molar-refractivity contribution in [3.05, 3.63) is 95.0 Å². The van der Waals surface area contributed by atoms with Gasteiger partial charge in [-0.05, 0) is 68.1 Å². The maximum Gasteiger partial charge on any atom is 0.264 e. The van der Waals surface area contributed by atoms with Crippen molar-refractivity contribution in [1.29, 1.82) is 0 Å². The third-order valence-electron chi connectivity index (χ3n) is 7.54. The van der Waals surface area contributed by atoms with E-state index in [9.17, 15) is 18.0 Å². The van der Waals surface area contributed by atoms with Crippen LogP contribution >= 0.6 is 11.6 Å². The van der Waals surface area contributed by atoms with Crippen LogP contribution in [0.1, 0.15) is 56.6 Å². The van der Waals surface area contributed by atoms with Crippen molar-refractivity contribution in [3.8, 4) is 0 Å². The Labute approximate surface area is 248 Å². The number of aryl methyl sites for hydroxylation is 1. The highest BCUT2D eigenvalue weighted by Gasteiger charge is 2.34. The Morgan fingerprint density at radius 3 is 2.17 bits per heavy atom. The van der Waals surface area contributed by atoms with Gasteiger partial charge >= 0.3 is 0 Å². The molecule has 1 aliphatic carbocycles. The van der Waals surface area contributed by atoms with Crippen molar-refractivity contribution < 1.29 is 18.0 Å². The first kappa shape index (κ1) is 30.6. The summed E-state index contributed by atoms with van der Waals surface area (Å²) in [5, 5.41) is 3.61. The van der Waals surface area contributed by atoms with E-state index in [4.69, 9.17) is 11.6 Å². The van der Waals surface area contributed by atoms with Crippen LogP contribution in [0.3, 0.4) is 0 Å². The lowest BCUT2D eigenvalue weighted by atomic mass is 9.95. The summed E-state index contributed by atoms with van der Waals surface area (Å²) in [6, 6.07) is 21.6. The zero-order valence-corrected chi connectivity index (χ0v) is 25.2. The maximum atomic E-state index is 14.1. The molecule has 7 nitrogen and oxygen atoms in total. The van der Waals surface area contributed by atoms with Gasteiger partial charge in [0.05, 0.1) is 10.6 Å². The van der Waals surface area contributed by atoms with Gasteiger partial charge in [-0.3, -0.25) is 13.9 Å². The summed E-state index contributed by atoms with van der Waals surface area (Å²) in [6.07, 6.45) is 5.55. The summed E-state index contributed by atoms with van der Waals surface area (Å²) in [7, 11) is -4.12. The Bertz CT molecular complexity index is 1410. The molecule has 4 rings (SSSR count). The molecular weight excluding hydrogens is 558 g/mol. The molecule has 0 aromatic heterocycles. The molecule has 41 heavy (non-hydrogen) atoms. The number of hydrogen-bond donors (Lipinski definition) is 1. The van der Waals surface area contributed by atoms with Crippen LogP contribution in [0.15, 0.2) is 83.8 Å². The zero-order valence-electron chi connectivity index (χ0n) is 23.6. The average molecular weight is 596 g/mol. The summed E-state index contributed by atoms with van der Waals surface area (Å²) in [4.78, 5) is 29.3. The minimum absolute atomic E-state index is 0.0718. The molecule has 3 aromatic carbocycles. The first-order chi connectivity index (χ1) is 19.7. The van der Waals surface area contributed by atoms with Crippen LogP contribution in [-0.4, -0.2) is 43.8 Å². The van der Waals surface area contributed by atoms with Gasteiger partial charge in [-0.1, -0.05) is 85.8 Å². The molecule has 0 spiro atoms. The van der Waals surface area contributed by atoms with E-state index in [1.54, 1.807) is 36.4 Å². The second-order valence-electron chi connectivity index (χ2n) is 10.6. The molecule has 0 aliphatic heterocycles. The first-order valence-corrected chi connectivity index (χ1v) is 16.0. The van der Waals surface area contributed by atoms with Crippen LogP contribution in [0.25, 0.3) is 0 Å². The lowest BCUT2D eigenvalue weighted by Gasteiger charge is -2.34. The van der Waals surface area contributed by atoms with Crippen LogP contribution in [-0.2, 0) is 26.2 Å². The Morgan fingerprint density at radius 2 is 1.56 bits per heavy atom. The molecule has 1 aliphatic rings.